The first kappa shape index (κ1) is 15.1. The van der Waals surface area contributed by atoms with Gasteiger partial charge in [-0.15, -0.1) is 0 Å². The molecule has 0 radical (unpaired) electrons. The molecule has 1 amide bonds. The molecule has 0 saturated carbocycles. The summed E-state index contributed by atoms with van der Waals surface area (Å²) in [4.78, 5) is 14.7. The van der Waals surface area contributed by atoms with E-state index >= 15 is 0 Å². The first-order chi connectivity index (χ1) is 9.54. The summed E-state index contributed by atoms with van der Waals surface area (Å²) in [5.74, 6) is 2.34. The van der Waals surface area contributed by atoms with Gasteiger partial charge in [-0.05, 0) is 59.5 Å². The fourth-order valence-electron chi connectivity index (χ4n) is 3.00. The van der Waals surface area contributed by atoms with Crippen molar-refractivity contribution in [2.24, 2.45) is 5.92 Å². The Labute approximate surface area is 121 Å². The third-order valence-corrected chi connectivity index (χ3v) is 4.38. The van der Waals surface area contributed by atoms with Crippen molar-refractivity contribution >= 4 is 5.91 Å². The lowest BCUT2D eigenvalue weighted by molar-refractivity contribution is 0.0724. The molecule has 4 nitrogen and oxygen atoms in total. The van der Waals surface area contributed by atoms with Crippen molar-refractivity contribution in [2.45, 2.75) is 40.5 Å². The molecule has 1 fully saturated rings. The van der Waals surface area contributed by atoms with E-state index in [1.807, 2.05) is 25.7 Å². The Hall–Kier alpha value is -1.29. The number of furan rings is 1. The summed E-state index contributed by atoms with van der Waals surface area (Å²) in [6.45, 7) is 11.6. The number of rotatable bonds is 4. The smallest absolute Gasteiger partial charge is 0.257 e. The number of nitrogens with one attached hydrogen (secondary N) is 1. The second-order valence-corrected chi connectivity index (χ2v) is 5.75. The van der Waals surface area contributed by atoms with E-state index in [0.29, 0.717) is 5.92 Å². The summed E-state index contributed by atoms with van der Waals surface area (Å²) in [5.41, 5.74) is 1.74. The molecule has 1 aliphatic rings. The highest BCUT2D eigenvalue weighted by atomic mass is 16.3. The Morgan fingerprint density at radius 2 is 1.90 bits per heavy atom. The Balaban J connectivity index is 2.12. The number of amides is 1. The number of aryl methyl sites for hydroxylation is 2. The maximum absolute atomic E-state index is 12.8. The molecule has 20 heavy (non-hydrogen) atoms. The van der Waals surface area contributed by atoms with Crippen LogP contribution in [-0.4, -0.2) is 37.0 Å². The maximum atomic E-state index is 12.8. The van der Waals surface area contributed by atoms with Gasteiger partial charge in [-0.3, -0.25) is 4.79 Å². The van der Waals surface area contributed by atoms with Gasteiger partial charge in [0, 0.05) is 18.7 Å². The van der Waals surface area contributed by atoms with Crippen LogP contribution < -0.4 is 5.32 Å². The Kier molecular flexibility index (Phi) is 4.86. The van der Waals surface area contributed by atoms with Crippen LogP contribution in [0.1, 0.15) is 47.2 Å². The first-order valence-corrected chi connectivity index (χ1v) is 7.61. The van der Waals surface area contributed by atoms with Gasteiger partial charge < -0.3 is 14.6 Å². The molecule has 0 bridgehead atoms. The predicted octanol–water partition coefficient (Wildman–Crippen LogP) is 2.67. The second-order valence-electron chi connectivity index (χ2n) is 5.75. The summed E-state index contributed by atoms with van der Waals surface area (Å²) in [6.07, 6.45) is 2.32. The molecule has 1 aromatic rings. The SMILES string of the molecule is CCN(CC1CCNCC1)C(=O)c1c(C)oc(C)c1C. The lowest BCUT2D eigenvalue weighted by atomic mass is 9.97. The molecule has 0 atom stereocenters. The van der Waals surface area contributed by atoms with Gasteiger partial charge in [-0.2, -0.15) is 0 Å². The Morgan fingerprint density at radius 1 is 1.25 bits per heavy atom. The van der Waals surface area contributed by atoms with Gasteiger partial charge in [0.15, 0.2) is 0 Å². The molecule has 1 N–H and O–H groups in total. The lowest BCUT2D eigenvalue weighted by Crippen LogP contribution is -2.39. The van der Waals surface area contributed by atoms with Gasteiger partial charge >= 0.3 is 0 Å². The monoisotopic (exact) mass is 278 g/mol. The number of hydrogen-bond acceptors (Lipinski definition) is 3. The molecule has 1 saturated heterocycles. The fourth-order valence-corrected chi connectivity index (χ4v) is 3.00. The van der Waals surface area contributed by atoms with Crippen molar-refractivity contribution in [3.63, 3.8) is 0 Å². The molecular weight excluding hydrogens is 252 g/mol. The highest BCUT2D eigenvalue weighted by Crippen LogP contribution is 2.23. The van der Waals surface area contributed by atoms with Crippen molar-refractivity contribution < 1.29 is 9.21 Å². The average molecular weight is 278 g/mol. The minimum absolute atomic E-state index is 0.123. The number of nitrogens with zero attached hydrogens (tertiary/aromatic N) is 1. The summed E-state index contributed by atoms with van der Waals surface area (Å²) >= 11 is 0. The number of carbonyl (C=O) groups is 1. The summed E-state index contributed by atoms with van der Waals surface area (Å²) in [7, 11) is 0. The van der Waals surface area contributed by atoms with E-state index in [0.717, 1.165) is 61.7 Å². The normalized spacial score (nSPS) is 16.4. The molecule has 112 valence electrons. The molecule has 0 spiro atoms. The zero-order valence-electron chi connectivity index (χ0n) is 13.1. The zero-order chi connectivity index (χ0) is 14.7. The van der Waals surface area contributed by atoms with Crippen LogP contribution in [0, 0.1) is 26.7 Å². The van der Waals surface area contributed by atoms with Crippen molar-refractivity contribution in [1.82, 2.24) is 10.2 Å². The average Bonchev–Trinajstić information content (AvgIpc) is 2.70. The second kappa shape index (κ2) is 6.44. The van der Waals surface area contributed by atoms with E-state index in [9.17, 15) is 4.79 Å². The predicted molar refractivity (Wildman–Crippen MR) is 80.1 cm³/mol. The van der Waals surface area contributed by atoms with Crippen LogP contribution in [0.3, 0.4) is 0 Å². The van der Waals surface area contributed by atoms with E-state index < -0.39 is 0 Å². The summed E-state index contributed by atoms with van der Waals surface area (Å²) < 4.78 is 5.59. The molecule has 0 aromatic carbocycles. The molecule has 0 unspecified atom stereocenters. The van der Waals surface area contributed by atoms with Crippen LogP contribution in [-0.2, 0) is 0 Å². The largest absolute Gasteiger partial charge is 0.466 e. The van der Waals surface area contributed by atoms with E-state index in [1.165, 1.54) is 0 Å². The quantitative estimate of drug-likeness (QED) is 0.921. The van der Waals surface area contributed by atoms with Crippen LogP contribution in [0.5, 0.6) is 0 Å². The van der Waals surface area contributed by atoms with Crippen LogP contribution >= 0.6 is 0 Å². The van der Waals surface area contributed by atoms with Crippen LogP contribution in [0.15, 0.2) is 4.42 Å². The molecule has 2 rings (SSSR count). The van der Waals surface area contributed by atoms with E-state index in [2.05, 4.69) is 12.2 Å². The van der Waals surface area contributed by atoms with E-state index in [-0.39, 0.29) is 5.91 Å². The van der Waals surface area contributed by atoms with Crippen molar-refractivity contribution in [1.29, 1.82) is 0 Å². The van der Waals surface area contributed by atoms with Gasteiger partial charge in [-0.1, -0.05) is 0 Å². The topological polar surface area (TPSA) is 45.5 Å². The minimum Gasteiger partial charge on any atom is -0.466 e. The third-order valence-electron chi connectivity index (χ3n) is 4.38. The van der Waals surface area contributed by atoms with Gasteiger partial charge in [0.2, 0.25) is 0 Å². The number of carbonyl (C=O) groups excluding carboxylic acids is 1. The fraction of sp³-hybridized carbons (Fsp3) is 0.688. The Morgan fingerprint density at radius 3 is 2.40 bits per heavy atom. The summed E-state index contributed by atoms with van der Waals surface area (Å²) in [5, 5.41) is 3.37. The van der Waals surface area contributed by atoms with Crippen LogP contribution in [0.4, 0.5) is 0 Å². The lowest BCUT2D eigenvalue weighted by Gasteiger charge is -2.29. The molecular formula is C16H26N2O2. The van der Waals surface area contributed by atoms with E-state index in [4.69, 9.17) is 4.42 Å². The third kappa shape index (κ3) is 3.06. The van der Waals surface area contributed by atoms with Crippen LogP contribution in [0.25, 0.3) is 0 Å². The molecule has 1 aliphatic heterocycles. The van der Waals surface area contributed by atoms with Crippen molar-refractivity contribution in [3.05, 3.63) is 22.6 Å². The van der Waals surface area contributed by atoms with Gasteiger partial charge in [-0.25, -0.2) is 0 Å². The number of hydrogen-bond donors (Lipinski definition) is 1. The van der Waals surface area contributed by atoms with E-state index in [1.54, 1.807) is 0 Å². The minimum atomic E-state index is 0.123. The van der Waals surface area contributed by atoms with Gasteiger partial charge in [0.05, 0.1) is 5.56 Å². The van der Waals surface area contributed by atoms with Crippen LogP contribution in [0.2, 0.25) is 0 Å². The Bertz CT molecular complexity index is 473. The molecule has 1 aromatic heterocycles. The summed E-state index contributed by atoms with van der Waals surface area (Å²) in [6, 6.07) is 0. The zero-order valence-corrected chi connectivity index (χ0v) is 13.1. The highest BCUT2D eigenvalue weighted by Gasteiger charge is 2.25. The van der Waals surface area contributed by atoms with Gasteiger partial charge in [0.25, 0.3) is 5.91 Å². The molecule has 4 heteroatoms. The number of piperidine rings is 1. The standard InChI is InChI=1S/C16H26N2O2/c1-5-18(10-14-6-8-17-9-7-14)16(19)15-11(2)12(3)20-13(15)4/h14,17H,5-10H2,1-4H3. The first-order valence-electron chi connectivity index (χ1n) is 7.61. The van der Waals surface area contributed by atoms with Gasteiger partial charge in [0.1, 0.15) is 11.5 Å². The molecule has 0 aliphatic carbocycles. The molecule has 2 heterocycles. The van der Waals surface area contributed by atoms with Crippen molar-refractivity contribution in [3.8, 4) is 0 Å². The highest BCUT2D eigenvalue weighted by molar-refractivity contribution is 5.96. The maximum Gasteiger partial charge on any atom is 0.257 e. The van der Waals surface area contributed by atoms with Crippen molar-refractivity contribution in [2.75, 3.05) is 26.2 Å².